The van der Waals surface area contributed by atoms with Crippen molar-refractivity contribution in [2.24, 2.45) is 4.99 Å². The van der Waals surface area contributed by atoms with Crippen LogP contribution in [0.15, 0.2) is 103 Å². The Bertz CT molecular complexity index is 1750. The summed E-state index contributed by atoms with van der Waals surface area (Å²) in [5.74, 6) is 0. The fraction of sp³-hybridized carbons (Fsp3) is 0.0345. The highest BCUT2D eigenvalue weighted by Crippen LogP contribution is 2.41. The van der Waals surface area contributed by atoms with Crippen molar-refractivity contribution >= 4 is 56.0 Å². The minimum absolute atomic E-state index is 0.885. The van der Waals surface area contributed by atoms with Crippen LogP contribution >= 0.6 is 0 Å². The number of rotatable bonds is 4. The molecule has 4 nitrogen and oxygen atoms in total. The molecule has 0 fully saturated rings. The molecule has 0 atom stereocenters. The van der Waals surface area contributed by atoms with Gasteiger partial charge in [0.25, 0.3) is 0 Å². The van der Waals surface area contributed by atoms with Gasteiger partial charge < -0.3 is 9.13 Å². The molecule has 0 bridgehead atoms. The molecule has 158 valence electrons. The lowest BCUT2D eigenvalue weighted by Gasteiger charge is -2.10. The third kappa shape index (κ3) is 2.71. The first-order chi connectivity index (χ1) is 16.2. The number of hydrogen-bond donors (Lipinski definition) is 0. The van der Waals surface area contributed by atoms with E-state index in [2.05, 4.69) is 100.0 Å². The maximum Gasteiger partial charge on any atom is 0.0645 e. The Kier molecular flexibility index (Phi) is 4.27. The number of aryl methyl sites for hydroxylation is 1. The molecule has 0 aliphatic rings. The third-order valence-electron chi connectivity index (χ3n) is 6.31. The van der Waals surface area contributed by atoms with Gasteiger partial charge in [0.05, 0.1) is 45.8 Å². The van der Waals surface area contributed by atoms with Crippen LogP contribution in [0.3, 0.4) is 0 Å². The summed E-state index contributed by atoms with van der Waals surface area (Å²) in [6.45, 7) is 9.83. The van der Waals surface area contributed by atoms with E-state index < -0.39 is 0 Å². The van der Waals surface area contributed by atoms with Crippen LogP contribution in [0.5, 0.6) is 0 Å². The summed E-state index contributed by atoms with van der Waals surface area (Å²) in [7, 11) is 0. The zero-order chi connectivity index (χ0) is 22.5. The summed E-state index contributed by atoms with van der Waals surface area (Å²) in [6.07, 6.45) is 7.32. The first-order valence-electron chi connectivity index (χ1n) is 10.9. The van der Waals surface area contributed by atoms with Crippen LogP contribution in [0.2, 0.25) is 0 Å². The van der Waals surface area contributed by atoms with Gasteiger partial charge in [-0.3, -0.25) is 9.98 Å². The second-order valence-corrected chi connectivity index (χ2v) is 8.22. The van der Waals surface area contributed by atoms with Gasteiger partial charge in [-0.1, -0.05) is 43.0 Å². The number of aromatic nitrogens is 3. The molecule has 6 aromatic rings. The Morgan fingerprint density at radius 1 is 0.909 bits per heavy atom. The van der Waals surface area contributed by atoms with Gasteiger partial charge in [-0.2, -0.15) is 0 Å². The van der Waals surface area contributed by atoms with Gasteiger partial charge in [-0.25, -0.2) is 0 Å². The highest BCUT2D eigenvalue weighted by Gasteiger charge is 2.20. The summed E-state index contributed by atoms with van der Waals surface area (Å²) in [5.41, 5.74) is 7.70. The smallest absolute Gasteiger partial charge is 0.0645 e. The standard InChI is InChI=1S/C29H22N4/c1-4-20(17-30-3)32-25-10-6-5-9-24(25)28-26(32)14-13-23-22-12-11-19(2)16-27(22)33(29(23)28)21-8-7-15-31-18-21/h4-18H,1,3H2,2H3/b20-17+. The van der Waals surface area contributed by atoms with Gasteiger partial charge in [-0.15, -0.1) is 0 Å². The van der Waals surface area contributed by atoms with Crippen molar-refractivity contribution in [1.29, 1.82) is 0 Å². The van der Waals surface area contributed by atoms with Gasteiger partial charge >= 0.3 is 0 Å². The molecule has 0 radical (unpaired) electrons. The summed E-state index contributed by atoms with van der Waals surface area (Å²) >= 11 is 0. The number of para-hydroxylation sites is 1. The maximum atomic E-state index is 4.42. The molecule has 0 N–H and O–H groups in total. The Morgan fingerprint density at radius 3 is 2.55 bits per heavy atom. The number of nitrogens with zero attached hydrogens (tertiary/aromatic N) is 4. The number of aliphatic imine (C=N–C) groups is 1. The molecule has 0 aliphatic heterocycles. The first kappa shape index (κ1) is 19.3. The fourth-order valence-corrected chi connectivity index (χ4v) is 4.99. The number of benzene rings is 3. The maximum absolute atomic E-state index is 4.42. The molecule has 3 aromatic carbocycles. The zero-order valence-electron chi connectivity index (χ0n) is 18.4. The normalized spacial score (nSPS) is 12.2. The van der Waals surface area contributed by atoms with Gasteiger partial charge in [0.15, 0.2) is 0 Å². The van der Waals surface area contributed by atoms with E-state index in [1.807, 2.05) is 24.5 Å². The lowest BCUT2D eigenvalue weighted by atomic mass is 10.1. The van der Waals surface area contributed by atoms with Crippen molar-refractivity contribution < 1.29 is 0 Å². The monoisotopic (exact) mass is 426 g/mol. The Morgan fingerprint density at radius 2 is 1.76 bits per heavy atom. The lowest BCUT2D eigenvalue weighted by Crippen LogP contribution is -1.96. The predicted octanol–water partition coefficient (Wildman–Crippen LogP) is 7.28. The average molecular weight is 427 g/mol. The van der Waals surface area contributed by atoms with Crippen LogP contribution in [-0.4, -0.2) is 20.8 Å². The third-order valence-corrected chi connectivity index (χ3v) is 6.31. The molecule has 6 rings (SSSR count). The number of fused-ring (bicyclic) bond motifs is 7. The van der Waals surface area contributed by atoms with Gasteiger partial charge in [0.1, 0.15) is 0 Å². The number of allylic oxidation sites excluding steroid dienone is 2. The van der Waals surface area contributed by atoms with E-state index in [-0.39, 0.29) is 0 Å². The van der Waals surface area contributed by atoms with Gasteiger partial charge in [-0.05, 0) is 55.6 Å². The topological polar surface area (TPSA) is 35.1 Å². The van der Waals surface area contributed by atoms with Crippen molar-refractivity contribution in [2.75, 3.05) is 0 Å². The molecule has 0 aliphatic carbocycles. The molecule has 0 amide bonds. The van der Waals surface area contributed by atoms with E-state index >= 15 is 0 Å². The highest BCUT2D eigenvalue weighted by molar-refractivity contribution is 6.26. The second-order valence-electron chi connectivity index (χ2n) is 8.22. The van der Waals surface area contributed by atoms with Crippen LogP contribution in [0, 0.1) is 6.92 Å². The highest BCUT2D eigenvalue weighted by atomic mass is 15.0. The zero-order valence-corrected chi connectivity index (χ0v) is 18.4. The van der Waals surface area contributed by atoms with E-state index in [0.29, 0.717) is 0 Å². The van der Waals surface area contributed by atoms with Crippen molar-refractivity contribution in [3.63, 3.8) is 0 Å². The Balaban J connectivity index is 1.93. The van der Waals surface area contributed by atoms with Crippen molar-refractivity contribution in [3.8, 4) is 5.69 Å². The van der Waals surface area contributed by atoms with Crippen molar-refractivity contribution in [3.05, 3.63) is 104 Å². The van der Waals surface area contributed by atoms with Crippen LogP contribution in [0.25, 0.3) is 55.0 Å². The van der Waals surface area contributed by atoms with E-state index in [1.165, 1.54) is 38.1 Å². The quantitative estimate of drug-likeness (QED) is 0.215. The van der Waals surface area contributed by atoms with Crippen LogP contribution < -0.4 is 0 Å². The van der Waals surface area contributed by atoms with Crippen molar-refractivity contribution in [1.82, 2.24) is 14.1 Å². The van der Waals surface area contributed by atoms with Crippen molar-refractivity contribution in [2.45, 2.75) is 6.92 Å². The molecular formula is C29H22N4. The SMILES string of the molecule is C=C/C(=C\N=C)n1c2ccccc2c2c1ccc1c3ccc(C)cc3n(-c3cccnc3)c12. The van der Waals surface area contributed by atoms with E-state index in [4.69, 9.17) is 0 Å². The summed E-state index contributed by atoms with van der Waals surface area (Å²) in [5, 5.41) is 4.82. The molecule has 3 heterocycles. The lowest BCUT2D eigenvalue weighted by molar-refractivity contribution is 1.14. The van der Waals surface area contributed by atoms with Crippen LogP contribution in [-0.2, 0) is 0 Å². The molecule has 0 saturated carbocycles. The fourth-order valence-electron chi connectivity index (χ4n) is 4.99. The minimum Gasteiger partial charge on any atom is -0.308 e. The number of pyridine rings is 1. The minimum atomic E-state index is 0.885. The average Bonchev–Trinajstić information content (AvgIpc) is 3.35. The van der Waals surface area contributed by atoms with Gasteiger partial charge in [0.2, 0.25) is 0 Å². The molecule has 0 spiro atoms. The molecule has 3 aromatic heterocycles. The number of hydrogen-bond acceptors (Lipinski definition) is 2. The van der Waals surface area contributed by atoms with E-state index in [9.17, 15) is 0 Å². The summed E-state index contributed by atoms with van der Waals surface area (Å²) < 4.78 is 4.55. The largest absolute Gasteiger partial charge is 0.308 e. The summed E-state index contributed by atoms with van der Waals surface area (Å²) in [4.78, 5) is 8.45. The second kappa shape index (κ2) is 7.31. The van der Waals surface area contributed by atoms with Gasteiger partial charge in [0, 0.05) is 27.7 Å². The molecule has 33 heavy (non-hydrogen) atoms. The van der Waals surface area contributed by atoms with E-state index in [1.54, 1.807) is 6.20 Å². The molecular weight excluding hydrogens is 404 g/mol. The first-order valence-corrected chi connectivity index (χ1v) is 10.9. The Hall–Kier alpha value is -4.44. The molecule has 0 saturated heterocycles. The summed E-state index contributed by atoms with van der Waals surface area (Å²) in [6, 6.07) is 23.7. The van der Waals surface area contributed by atoms with Crippen LogP contribution in [0.4, 0.5) is 0 Å². The molecule has 0 unspecified atom stereocenters. The Labute approximate surface area is 191 Å². The van der Waals surface area contributed by atoms with E-state index in [0.717, 1.165) is 22.4 Å². The molecule has 4 heteroatoms. The predicted molar refractivity (Wildman–Crippen MR) is 140 cm³/mol. The van der Waals surface area contributed by atoms with Crippen LogP contribution in [0.1, 0.15) is 5.56 Å².